The Bertz CT molecular complexity index is 545. The van der Waals surface area contributed by atoms with E-state index in [1.54, 1.807) is 0 Å². The van der Waals surface area contributed by atoms with E-state index in [1.165, 1.54) is 37.9 Å². The van der Waals surface area contributed by atoms with Crippen molar-refractivity contribution >= 4 is 5.91 Å². The fraction of sp³-hybridized carbons (Fsp3) is 0.667. The third kappa shape index (κ3) is 5.53. The molecule has 0 bridgehead atoms. The van der Waals surface area contributed by atoms with Crippen molar-refractivity contribution in [1.82, 2.24) is 14.7 Å². The van der Waals surface area contributed by atoms with Crippen LogP contribution < -0.4 is 0 Å². The summed E-state index contributed by atoms with van der Waals surface area (Å²) in [5.74, 6) is 0.209. The van der Waals surface area contributed by atoms with Crippen molar-refractivity contribution in [2.75, 3.05) is 45.9 Å². The molecule has 1 aromatic rings. The van der Waals surface area contributed by atoms with E-state index in [4.69, 9.17) is 0 Å². The zero-order chi connectivity index (χ0) is 18.2. The molecular weight excluding hydrogens is 326 g/mol. The van der Waals surface area contributed by atoms with Gasteiger partial charge in [-0.15, -0.1) is 0 Å². The second-order valence-corrected chi connectivity index (χ2v) is 7.65. The molecule has 2 aliphatic rings. The lowest BCUT2D eigenvalue weighted by atomic mass is 10.1. The van der Waals surface area contributed by atoms with E-state index in [9.17, 15) is 9.90 Å². The van der Waals surface area contributed by atoms with Crippen LogP contribution in [0.15, 0.2) is 30.3 Å². The Labute approximate surface area is 157 Å². The molecule has 2 saturated heterocycles. The van der Waals surface area contributed by atoms with Gasteiger partial charge in [0.25, 0.3) is 0 Å². The molecule has 144 valence electrons. The number of aliphatic hydroxyl groups is 1. The first-order valence-electron chi connectivity index (χ1n) is 10.2. The molecule has 5 heteroatoms. The zero-order valence-corrected chi connectivity index (χ0v) is 15.9. The van der Waals surface area contributed by atoms with Gasteiger partial charge >= 0.3 is 0 Å². The van der Waals surface area contributed by atoms with Crippen molar-refractivity contribution in [3.05, 3.63) is 35.9 Å². The minimum Gasteiger partial charge on any atom is -0.394 e. The molecule has 0 unspecified atom stereocenters. The van der Waals surface area contributed by atoms with Gasteiger partial charge in [0.2, 0.25) is 5.91 Å². The van der Waals surface area contributed by atoms with Gasteiger partial charge in [-0.1, -0.05) is 36.8 Å². The molecule has 1 aromatic carbocycles. The average Bonchev–Trinajstić information content (AvgIpc) is 2.69. The zero-order valence-electron chi connectivity index (χ0n) is 15.9. The quantitative estimate of drug-likeness (QED) is 0.808. The summed E-state index contributed by atoms with van der Waals surface area (Å²) in [5.41, 5.74) is 1.28. The first kappa shape index (κ1) is 19.3. The standard InChI is InChI=1S/C21H33N3O2/c25-18-20-17-23(16-19-8-3-1-4-9-19)14-15-24(20)21(26)10-7-13-22-11-5-2-6-12-22/h1,3-4,8-9,20,25H,2,5-7,10-18H2/t20-/m0/s1. The number of piperazine rings is 1. The minimum absolute atomic E-state index is 0.0448. The van der Waals surface area contributed by atoms with Crippen molar-refractivity contribution in [1.29, 1.82) is 0 Å². The second kappa shape index (κ2) is 10.0. The molecule has 2 aliphatic heterocycles. The number of hydrogen-bond donors (Lipinski definition) is 1. The number of piperidine rings is 1. The van der Waals surface area contributed by atoms with Crippen LogP contribution in [0.2, 0.25) is 0 Å². The van der Waals surface area contributed by atoms with Crippen molar-refractivity contribution in [2.45, 2.75) is 44.7 Å². The largest absolute Gasteiger partial charge is 0.394 e. The predicted molar refractivity (Wildman–Crippen MR) is 104 cm³/mol. The van der Waals surface area contributed by atoms with Crippen LogP contribution in [0.5, 0.6) is 0 Å². The van der Waals surface area contributed by atoms with Crippen LogP contribution in [-0.2, 0) is 11.3 Å². The summed E-state index contributed by atoms with van der Waals surface area (Å²) in [6.07, 6.45) is 5.47. The summed E-state index contributed by atoms with van der Waals surface area (Å²) >= 11 is 0. The number of nitrogens with zero attached hydrogens (tertiary/aromatic N) is 3. The van der Waals surface area contributed by atoms with Crippen LogP contribution in [0, 0.1) is 0 Å². The Balaban J connectivity index is 1.43. The smallest absolute Gasteiger partial charge is 0.223 e. The topological polar surface area (TPSA) is 47.0 Å². The Morgan fingerprint density at radius 1 is 1.00 bits per heavy atom. The van der Waals surface area contributed by atoms with Crippen LogP contribution >= 0.6 is 0 Å². The van der Waals surface area contributed by atoms with E-state index in [0.717, 1.165) is 39.1 Å². The fourth-order valence-electron chi connectivity index (χ4n) is 4.17. The van der Waals surface area contributed by atoms with Crippen LogP contribution in [0.25, 0.3) is 0 Å². The number of aliphatic hydroxyl groups excluding tert-OH is 1. The monoisotopic (exact) mass is 359 g/mol. The highest BCUT2D eigenvalue weighted by Gasteiger charge is 2.29. The van der Waals surface area contributed by atoms with Crippen LogP contribution in [0.3, 0.4) is 0 Å². The lowest BCUT2D eigenvalue weighted by Crippen LogP contribution is -2.56. The summed E-state index contributed by atoms with van der Waals surface area (Å²) in [4.78, 5) is 19.4. The van der Waals surface area contributed by atoms with Gasteiger partial charge in [0.15, 0.2) is 0 Å². The van der Waals surface area contributed by atoms with Gasteiger partial charge in [-0.3, -0.25) is 9.69 Å². The molecule has 2 fully saturated rings. The molecule has 0 aliphatic carbocycles. The first-order valence-corrected chi connectivity index (χ1v) is 10.2. The molecule has 1 N–H and O–H groups in total. The second-order valence-electron chi connectivity index (χ2n) is 7.65. The molecule has 1 amide bonds. The number of hydrogen-bond acceptors (Lipinski definition) is 4. The molecule has 2 heterocycles. The maximum atomic E-state index is 12.7. The number of amides is 1. The van der Waals surface area contributed by atoms with Crippen molar-refractivity contribution in [3.8, 4) is 0 Å². The summed E-state index contributed by atoms with van der Waals surface area (Å²) in [7, 11) is 0. The Hall–Kier alpha value is -1.43. The van der Waals surface area contributed by atoms with Gasteiger partial charge in [0.1, 0.15) is 0 Å². The van der Waals surface area contributed by atoms with E-state index < -0.39 is 0 Å². The van der Waals surface area contributed by atoms with Gasteiger partial charge in [-0.2, -0.15) is 0 Å². The molecular formula is C21H33N3O2. The minimum atomic E-state index is -0.0741. The number of likely N-dealkylation sites (tertiary alicyclic amines) is 1. The van der Waals surface area contributed by atoms with Crippen molar-refractivity contribution in [3.63, 3.8) is 0 Å². The molecule has 0 aromatic heterocycles. The van der Waals surface area contributed by atoms with Gasteiger partial charge < -0.3 is 14.9 Å². The normalized spacial score (nSPS) is 22.5. The molecule has 0 spiro atoms. The van der Waals surface area contributed by atoms with E-state index in [-0.39, 0.29) is 18.6 Å². The van der Waals surface area contributed by atoms with Crippen LogP contribution in [0.4, 0.5) is 0 Å². The third-order valence-corrected chi connectivity index (χ3v) is 5.66. The highest BCUT2D eigenvalue weighted by atomic mass is 16.3. The van der Waals surface area contributed by atoms with Gasteiger partial charge in [0, 0.05) is 32.6 Å². The number of benzene rings is 1. The summed E-state index contributed by atoms with van der Waals surface area (Å²) in [5, 5.41) is 9.79. The summed E-state index contributed by atoms with van der Waals surface area (Å²) in [6.45, 7) is 6.69. The number of rotatable bonds is 7. The highest BCUT2D eigenvalue weighted by Crippen LogP contribution is 2.16. The number of carbonyl (C=O) groups is 1. The molecule has 0 radical (unpaired) electrons. The fourth-order valence-corrected chi connectivity index (χ4v) is 4.17. The maximum Gasteiger partial charge on any atom is 0.223 e. The Morgan fingerprint density at radius 2 is 1.77 bits per heavy atom. The highest BCUT2D eigenvalue weighted by molar-refractivity contribution is 5.76. The lowest BCUT2D eigenvalue weighted by Gasteiger charge is -2.41. The van der Waals surface area contributed by atoms with Gasteiger partial charge in [-0.25, -0.2) is 0 Å². The molecule has 0 saturated carbocycles. The number of carbonyl (C=O) groups excluding carboxylic acids is 1. The predicted octanol–water partition coefficient (Wildman–Crippen LogP) is 1.96. The Morgan fingerprint density at radius 3 is 2.50 bits per heavy atom. The average molecular weight is 360 g/mol. The SMILES string of the molecule is O=C(CCCN1CCCCC1)N1CCN(Cc2ccccc2)C[C@H]1CO. The van der Waals surface area contributed by atoms with Crippen LogP contribution in [-0.4, -0.2) is 77.6 Å². The van der Waals surface area contributed by atoms with Gasteiger partial charge in [0.05, 0.1) is 12.6 Å². The van der Waals surface area contributed by atoms with E-state index in [1.807, 2.05) is 11.0 Å². The Kier molecular flexibility index (Phi) is 7.47. The third-order valence-electron chi connectivity index (χ3n) is 5.66. The van der Waals surface area contributed by atoms with Crippen molar-refractivity contribution in [2.24, 2.45) is 0 Å². The molecule has 5 nitrogen and oxygen atoms in total. The van der Waals surface area contributed by atoms with E-state index in [2.05, 4.69) is 34.1 Å². The molecule has 26 heavy (non-hydrogen) atoms. The van der Waals surface area contributed by atoms with Gasteiger partial charge in [-0.05, 0) is 44.5 Å². The lowest BCUT2D eigenvalue weighted by molar-refractivity contribution is -0.137. The van der Waals surface area contributed by atoms with Crippen molar-refractivity contribution < 1.29 is 9.90 Å². The molecule has 3 rings (SSSR count). The maximum absolute atomic E-state index is 12.7. The van der Waals surface area contributed by atoms with Crippen LogP contribution in [0.1, 0.15) is 37.7 Å². The molecule has 1 atom stereocenters. The summed E-state index contributed by atoms with van der Waals surface area (Å²) < 4.78 is 0. The van der Waals surface area contributed by atoms with E-state index >= 15 is 0 Å². The van der Waals surface area contributed by atoms with E-state index in [0.29, 0.717) is 6.42 Å². The first-order chi connectivity index (χ1) is 12.8. The summed E-state index contributed by atoms with van der Waals surface area (Å²) in [6, 6.07) is 10.3.